The van der Waals surface area contributed by atoms with Crippen LogP contribution in [0.2, 0.25) is 0 Å². The molecule has 10 aromatic rings. The van der Waals surface area contributed by atoms with Crippen LogP contribution >= 0.6 is 0 Å². The van der Waals surface area contributed by atoms with Crippen LogP contribution in [0.5, 0.6) is 0 Å². The molecular weight excluding hydrogens is 801 g/mol. The van der Waals surface area contributed by atoms with E-state index in [1.54, 1.807) is 12.1 Å². The summed E-state index contributed by atoms with van der Waals surface area (Å²) in [5.41, 5.74) is 3.89. The Morgan fingerprint density at radius 3 is 2.06 bits per heavy atom. The SMILES string of the molecule is [2H]C([2H])([2H])c1c[c-]c(-c2ccc(C([2H])([2H])[2H])cn2)cc1.[2H]C([2H])([2H])c1cnc2cc1c1cccc(c1)c1cccc(c1)c1cccc3ccc4c5cc[c-]c2c5oc4c31.[Ir]. The monoisotopic (exact) mass is 842 g/mol. The van der Waals surface area contributed by atoms with Crippen LogP contribution in [-0.4, -0.2) is 9.97 Å². The Labute approximate surface area is 322 Å². The van der Waals surface area contributed by atoms with Gasteiger partial charge in [0, 0.05) is 55.6 Å². The van der Waals surface area contributed by atoms with Crippen molar-refractivity contribution in [2.24, 2.45) is 0 Å². The van der Waals surface area contributed by atoms with Gasteiger partial charge in [0.15, 0.2) is 0 Å². The molecule has 0 spiro atoms. The number of fused-ring (bicyclic) bond motifs is 11. The third-order valence-electron chi connectivity index (χ3n) is 9.13. The molecule has 0 amide bonds. The average Bonchev–Trinajstić information content (AvgIpc) is 3.62. The van der Waals surface area contributed by atoms with Gasteiger partial charge in [0.2, 0.25) is 0 Å². The fraction of sp³-hybridized carbons (Fsp3) is 0.0638. The average molecular weight is 842 g/mol. The van der Waals surface area contributed by atoms with E-state index in [-0.39, 0.29) is 36.8 Å². The predicted molar refractivity (Wildman–Crippen MR) is 209 cm³/mol. The molecule has 0 aliphatic carbocycles. The third kappa shape index (κ3) is 5.87. The molecule has 0 aliphatic heterocycles. The topological polar surface area (TPSA) is 38.9 Å². The minimum absolute atomic E-state index is 0. The number of aryl methyl sites for hydroxylation is 3. The molecule has 0 saturated carbocycles. The van der Waals surface area contributed by atoms with Crippen LogP contribution in [0.25, 0.3) is 87.2 Å². The summed E-state index contributed by atoms with van der Waals surface area (Å²) in [4.78, 5) is 8.70. The van der Waals surface area contributed by atoms with E-state index in [2.05, 4.69) is 88.8 Å². The van der Waals surface area contributed by atoms with Gasteiger partial charge in [0.05, 0.1) is 5.58 Å². The maximum absolute atomic E-state index is 8.22. The Hall–Kier alpha value is -5.67. The van der Waals surface area contributed by atoms with Crippen molar-refractivity contribution in [3.8, 4) is 11.3 Å². The Bertz CT molecular complexity index is 3230. The maximum atomic E-state index is 8.22. The van der Waals surface area contributed by atoms with Gasteiger partial charge in [0.25, 0.3) is 0 Å². The summed E-state index contributed by atoms with van der Waals surface area (Å²) < 4.78 is 75.0. The van der Waals surface area contributed by atoms with Gasteiger partial charge in [-0.15, -0.1) is 53.6 Å². The number of benzene rings is 6. The zero-order valence-corrected chi connectivity index (χ0v) is 29.3. The first-order chi connectivity index (χ1) is 28.1. The van der Waals surface area contributed by atoms with Crippen molar-refractivity contribution in [3.05, 3.63) is 169 Å². The van der Waals surface area contributed by atoms with Crippen LogP contribution in [0, 0.1) is 32.7 Å². The zero-order valence-electron chi connectivity index (χ0n) is 35.9. The van der Waals surface area contributed by atoms with Crippen LogP contribution in [0.15, 0.2) is 144 Å². The van der Waals surface area contributed by atoms with Gasteiger partial charge in [-0.1, -0.05) is 103 Å². The molecule has 10 rings (SSSR count). The quantitative estimate of drug-likeness (QED) is 0.155. The summed E-state index contributed by atoms with van der Waals surface area (Å²) in [5, 5.41) is 10.6. The van der Waals surface area contributed by atoms with E-state index in [0.29, 0.717) is 33.1 Å². The smallest absolute Gasteiger partial charge is 0.129 e. The largest absolute Gasteiger partial charge is 0.500 e. The number of furan rings is 1. The number of nitrogens with zero attached hydrogens (tertiary/aromatic N) is 2. The Kier molecular flexibility index (Phi) is 6.14. The summed E-state index contributed by atoms with van der Waals surface area (Å²) in [7, 11) is 0. The summed E-state index contributed by atoms with van der Waals surface area (Å²) in [6.45, 7) is -6.66. The number of hydrogen-bond donors (Lipinski definition) is 0. The van der Waals surface area contributed by atoms with Crippen LogP contribution in [0.1, 0.15) is 29.0 Å². The van der Waals surface area contributed by atoms with Crippen LogP contribution in [-0.2, 0) is 20.1 Å². The van der Waals surface area contributed by atoms with Gasteiger partial charge >= 0.3 is 0 Å². The first kappa shape index (κ1) is 23.7. The van der Waals surface area contributed by atoms with Gasteiger partial charge in [0.1, 0.15) is 5.58 Å². The molecule has 51 heavy (non-hydrogen) atoms. The fourth-order valence-corrected chi connectivity index (χ4v) is 6.70. The summed E-state index contributed by atoms with van der Waals surface area (Å²) >= 11 is 0. The van der Waals surface area contributed by atoms with E-state index in [4.69, 9.17) is 16.8 Å². The Balaban J connectivity index is 0.000000202. The predicted octanol–water partition coefficient (Wildman–Crippen LogP) is 12.6. The molecule has 8 bridgehead atoms. The molecule has 0 saturated heterocycles. The molecule has 0 atom stereocenters. The molecule has 3 nitrogen and oxygen atoms in total. The molecule has 4 heterocycles. The second-order valence-corrected chi connectivity index (χ2v) is 12.2. The van der Waals surface area contributed by atoms with E-state index < -0.39 is 20.6 Å². The van der Waals surface area contributed by atoms with E-state index in [9.17, 15) is 0 Å². The van der Waals surface area contributed by atoms with Crippen LogP contribution in [0.3, 0.4) is 0 Å². The van der Waals surface area contributed by atoms with Gasteiger partial charge in [-0.05, 0) is 85.9 Å². The van der Waals surface area contributed by atoms with Crippen LogP contribution in [0.4, 0.5) is 0 Å². The van der Waals surface area contributed by atoms with Crippen LogP contribution < -0.4 is 0 Å². The number of aromatic nitrogens is 2. The van der Waals surface area contributed by atoms with Crippen molar-refractivity contribution in [1.29, 1.82) is 0 Å². The van der Waals surface area contributed by atoms with E-state index in [0.717, 1.165) is 54.1 Å². The van der Waals surface area contributed by atoms with Crippen molar-refractivity contribution in [3.63, 3.8) is 0 Å². The molecule has 0 aliphatic rings. The third-order valence-corrected chi connectivity index (χ3v) is 9.13. The van der Waals surface area contributed by atoms with Crippen molar-refractivity contribution < 1.29 is 36.9 Å². The standard InChI is InChI=1S/C34H20NO.C13H12N.Ir/c1-20-19-35-31-18-30(20)25-10-3-8-23(17-25)22-7-2-9-24(16-22)26-11-4-6-21-14-15-28-27-12-5-13-29(31)33(27)36-34(28)32(21)26;1-10-3-6-12(7-4-10)13-8-5-11(2)9-14-13;/h2-12,14-19H,1H3;3-6,8-9H,1-2H3;/q2*-1;/i1D3;1D3,2D3;. The molecule has 0 N–H and O–H groups in total. The van der Waals surface area contributed by atoms with Gasteiger partial charge in [-0.3, -0.25) is 0 Å². The fourth-order valence-electron chi connectivity index (χ4n) is 6.70. The summed E-state index contributed by atoms with van der Waals surface area (Å²) in [6.07, 6.45) is 2.78. The number of rotatable bonds is 1. The van der Waals surface area contributed by atoms with E-state index in [1.165, 1.54) is 30.6 Å². The summed E-state index contributed by atoms with van der Waals surface area (Å²) in [6, 6.07) is 46.7. The molecule has 0 fully saturated rings. The first-order valence-electron chi connectivity index (χ1n) is 20.6. The second-order valence-electron chi connectivity index (χ2n) is 12.2. The van der Waals surface area contributed by atoms with Crippen molar-refractivity contribution >= 4 is 75.9 Å². The molecule has 1 radical (unpaired) electrons. The van der Waals surface area contributed by atoms with Gasteiger partial charge in [-0.2, -0.15) is 0 Å². The first-order valence-corrected chi connectivity index (χ1v) is 16.1. The summed E-state index contributed by atoms with van der Waals surface area (Å²) in [5.74, 6) is 0. The van der Waals surface area contributed by atoms with E-state index >= 15 is 0 Å². The Morgan fingerprint density at radius 2 is 1.31 bits per heavy atom. The van der Waals surface area contributed by atoms with Crippen molar-refractivity contribution in [1.82, 2.24) is 9.97 Å². The molecule has 4 heteroatoms. The number of pyridine rings is 2. The maximum Gasteiger partial charge on any atom is 0.129 e. The van der Waals surface area contributed by atoms with Gasteiger partial charge < -0.3 is 14.4 Å². The molecule has 4 aromatic heterocycles. The molecule has 6 aromatic carbocycles. The molecular formula is C47H32IrN2O-2. The second kappa shape index (κ2) is 13.2. The Morgan fingerprint density at radius 1 is 0.569 bits per heavy atom. The van der Waals surface area contributed by atoms with Gasteiger partial charge in [-0.25, -0.2) is 0 Å². The number of hydrogen-bond acceptors (Lipinski definition) is 3. The zero-order chi connectivity index (χ0) is 41.3. The normalized spacial score (nSPS) is 14.6. The van der Waals surface area contributed by atoms with Crippen molar-refractivity contribution in [2.75, 3.05) is 0 Å². The molecule has 247 valence electrons. The molecule has 0 unspecified atom stereocenters. The minimum atomic E-state index is -2.32. The minimum Gasteiger partial charge on any atom is -0.500 e. The van der Waals surface area contributed by atoms with E-state index in [1.807, 2.05) is 30.3 Å². The van der Waals surface area contributed by atoms with Crippen molar-refractivity contribution in [2.45, 2.75) is 20.6 Å².